The number of fused-ring (bicyclic) bond motifs is 1. The van der Waals surface area contributed by atoms with Gasteiger partial charge >= 0.3 is 5.63 Å². The first-order valence-electron chi connectivity index (χ1n) is 10.3. The molecule has 3 heterocycles. The quantitative estimate of drug-likeness (QED) is 0.582. The number of likely N-dealkylation sites (tertiary alicyclic amines) is 1. The van der Waals surface area contributed by atoms with Gasteiger partial charge in [0.1, 0.15) is 11.3 Å². The van der Waals surface area contributed by atoms with Crippen molar-refractivity contribution >= 4 is 28.2 Å². The second-order valence-electron chi connectivity index (χ2n) is 7.80. The minimum atomic E-state index is -0.413. The van der Waals surface area contributed by atoms with E-state index in [-0.39, 0.29) is 18.6 Å². The SMILES string of the molecule is CC1CCN(C(CNC(=O)COc2ccc3ccc(=O)oc3c2)c2cccs2)CC1. The van der Waals surface area contributed by atoms with Gasteiger partial charge in [0.05, 0.1) is 6.04 Å². The summed E-state index contributed by atoms with van der Waals surface area (Å²) in [5, 5.41) is 5.91. The maximum atomic E-state index is 12.4. The summed E-state index contributed by atoms with van der Waals surface area (Å²) in [4.78, 5) is 27.5. The Bertz CT molecular complexity index is 1040. The number of carbonyl (C=O) groups is 1. The standard InChI is InChI=1S/C23H26N2O4S/c1-16-8-10-25(11-9-16)19(21-3-2-12-30-21)14-24-22(26)15-28-18-6-4-17-5-7-23(27)29-20(17)13-18/h2-7,12-13,16,19H,8-11,14-15H2,1H3,(H,24,26). The van der Waals surface area contributed by atoms with E-state index in [1.807, 2.05) is 0 Å². The molecule has 4 rings (SSSR count). The second-order valence-corrected chi connectivity index (χ2v) is 8.78. The Morgan fingerprint density at radius 1 is 1.27 bits per heavy atom. The highest BCUT2D eigenvalue weighted by Crippen LogP contribution is 2.29. The first-order chi connectivity index (χ1) is 14.6. The van der Waals surface area contributed by atoms with Crippen molar-refractivity contribution < 1.29 is 13.9 Å². The van der Waals surface area contributed by atoms with Gasteiger partial charge in [0.25, 0.3) is 5.91 Å². The van der Waals surface area contributed by atoms with Gasteiger partial charge in [-0.05, 0) is 61.5 Å². The number of rotatable bonds is 7. The van der Waals surface area contributed by atoms with Crippen molar-refractivity contribution in [3.8, 4) is 5.75 Å². The van der Waals surface area contributed by atoms with Gasteiger partial charge in [-0.3, -0.25) is 9.69 Å². The number of hydrogen-bond acceptors (Lipinski definition) is 6. The Hall–Kier alpha value is -2.64. The van der Waals surface area contributed by atoms with E-state index in [4.69, 9.17) is 9.15 Å². The molecule has 30 heavy (non-hydrogen) atoms. The molecule has 3 aromatic rings. The summed E-state index contributed by atoms with van der Waals surface area (Å²) in [6, 6.07) is 12.7. The van der Waals surface area contributed by atoms with Gasteiger partial charge < -0.3 is 14.5 Å². The fourth-order valence-corrected chi connectivity index (χ4v) is 4.63. The van der Waals surface area contributed by atoms with E-state index in [1.54, 1.807) is 35.6 Å². The zero-order valence-electron chi connectivity index (χ0n) is 17.0. The number of carbonyl (C=O) groups excluding carboxylic acids is 1. The highest BCUT2D eigenvalue weighted by atomic mass is 32.1. The molecule has 1 amide bonds. The normalized spacial score (nSPS) is 16.4. The molecule has 1 aromatic carbocycles. The van der Waals surface area contributed by atoms with Crippen LogP contribution in [-0.2, 0) is 4.79 Å². The van der Waals surface area contributed by atoms with E-state index in [0.717, 1.165) is 24.4 Å². The van der Waals surface area contributed by atoms with Crippen LogP contribution < -0.4 is 15.7 Å². The van der Waals surface area contributed by atoms with Crippen LogP contribution in [0.25, 0.3) is 11.0 Å². The molecule has 1 saturated heterocycles. The van der Waals surface area contributed by atoms with E-state index in [9.17, 15) is 9.59 Å². The fourth-order valence-electron chi connectivity index (χ4n) is 3.77. The van der Waals surface area contributed by atoms with Crippen LogP contribution >= 0.6 is 11.3 Å². The molecule has 1 N–H and O–H groups in total. The number of ether oxygens (including phenoxy) is 1. The molecule has 1 atom stereocenters. The lowest BCUT2D eigenvalue weighted by Crippen LogP contribution is -2.42. The summed E-state index contributed by atoms with van der Waals surface area (Å²) in [5.74, 6) is 1.09. The van der Waals surface area contributed by atoms with Crippen molar-refractivity contribution in [3.63, 3.8) is 0 Å². The Kier molecular flexibility index (Phi) is 6.50. The largest absolute Gasteiger partial charge is 0.484 e. The molecule has 1 aliphatic rings. The van der Waals surface area contributed by atoms with Crippen LogP contribution in [0.3, 0.4) is 0 Å². The molecule has 0 aliphatic carbocycles. The van der Waals surface area contributed by atoms with Crippen molar-refractivity contribution in [1.29, 1.82) is 0 Å². The van der Waals surface area contributed by atoms with E-state index >= 15 is 0 Å². The van der Waals surface area contributed by atoms with Crippen molar-refractivity contribution in [3.05, 3.63) is 63.1 Å². The summed E-state index contributed by atoms with van der Waals surface area (Å²) < 4.78 is 10.8. The molecular formula is C23H26N2O4S. The van der Waals surface area contributed by atoms with Crippen molar-refractivity contribution in [1.82, 2.24) is 10.2 Å². The fraction of sp³-hybridized carbons (Fsp3) is 0.391. The molecule has 0 saturated carbocycles. The predicted octanol–water partition coefficient (Wildman–Crippen LogP) is 3.82. The van der Waals surface area contributed by atoms with Gasteiger partial charge in [-0.15, -0.1) is 11.3 Å². The number of piperidine rings is 1. The van der Waals surface area contributed by atoms with E-state index in [0.29, 0.717) is 17.9 Å². The van der Waals surface area contributed by atoms with Crippen LogP contribution in [0.15, 0.2) is 57.1 Å². The average molecular weight is 427 g/mol. The average Bonchev–Trinajstić information content (AvgIpc) is 3.28. The zero-order chi connectivity index (χ0) is 20.9. The number of amides is 1. The molecule has 1 unspecified atom stereocenters. The van der Waals surface area contributed by atoms with Gasteiger partial charge in [0, 0.05) is 28.9 Å². The maximum absolute atomic E-state index is 12.4. The monoisotopic (exact) mass is 426 g/mol. The van der Waals surface area contributed by atoms with Gasteiger partial charge in [-0.2, -0.15) is 0 Å². The summed E-state index contributed by atoms with van der Waals surface area (Å²) in [7, 11) is 0. The number of hydrogen-bond donors (Lipinski definition) is 1. The van der Waals surface area contributed by atoms with E-state index < -0.39 is 5.63 Å². The molecule has 1 fully saturated rings. The van der Waals surface area contributed by atoms with E-state index in [2.05, 4.69) is 34.7 Å². The molecule has 7 heteroatoms. The number of nitrogens with zero attached hydrogens (tertiary/aromatic N) is 1. The zero-order valence-corrected chi connectivity index (χ0v) is 17.8. The highest BCUT2D eigenvalue weighted by Gasteiger charge is 2.25. The lowest BCUT2D eigenvalue weighted by atomic mass is 9.97. The van der Waals surface area contributed by atoms with Crippen molar-refractivity contribution in [2.45, 2.75) is 25.8 Å². The van der Waals surface area contributed by atoms with Gasteiger partial charge in [-0.1, -0.05) is 13.0 Å². The molecule has 158 valence electrons. The predicted molar refractivity (Wildman–Crippen MR) is 118 cm³/mol. The van der Waals surface area contributed by atoms with Gasteiger partial charge in [-0.25, -0.2) is 4.79 Å². The van der Waals surface area contributed by atoms with Gasteiger partial charge in [0.15, 0.2) is 6.61 Å². The maximum Gasteiger partial charge on any atom is 0.336 e. The Balaban J connectivity index is 1.34. The van der Waals surface area contributed by atoms with Crippen LogP contribution in [0.4, 0.5) is 0 Å². The van der Waals surface area contributed by atoms with Crippen molar-refractivity contribution in [2.75, 3.05) is 26.2 Å². The van der Waals surface area contributed by atoms with Crippen LogP contribution in [0.5, 0.6) is 5.75 Å². The van der Waals surface area contributed by atoms with Crippen LogP contribution in [0, 0.1) is 5.92 Å². The molecule has 2 aromatic heterocycles. The van der Waals surface area contributed by atoms with Crippen LogP contribution in [-0.4, -0.2) is 37.0 Å². The minimum Gasteiger partial charge on any atom is -0.484 e. The van der Waals surface area contributed by atoms with Crippen LogP contribution in [0.1, 0.15) is 30.7 Å². The number of nitrogens with one attached hydrogen (secondary N) is 1. The molecule has 1 aliphatic heterocycles. The second kappa shape index (κ2) is 9.45. The smallest absolute Gasteiger partial charge is 0.336 e. The van der Waals surface area contributed by atoms with E-state index in [1.165, 1.54) is 23.8 Å². The number of thiophene rings is 1. The minimum absolute atomic E-state index is 0.0865. The van der Waals surface area contributed by atoms with Crippen molar-refractivity contribution in [2.24, 2.45) is 5.92 Å². The third-order valence-corrected chi connectivity index (χ3v) is 6.56. The summed E-state index contributed by atoms with van der Waals surface area (Å²) in [6.07, 6.45) is 2.38. The van der Waals surface area contributed by atoms with Crippen LogP contribution in [0.2, 0.25) is 0 Å². The Morgan fingerprint density at radius 3 is 2.83 bits per heavy atom. The van der Waals surface area contributed by atoms with Gasteiger partial charge in [0.2, 0.25) is 0 Å². The summed E-state index contributed by atoms with van der Waals surface area (Å²) in [5.41, 5.74) is 0.0293. The molecule has 0 spiro atoms. The first kappa shape index (κ1) is 20.6. The first-order valence-corrected chi connectivity index (χ1v) is 11.2. The molecule has 0 bridgehead atoms. The Morgan fingerprint density at radius 2 is 2.07 bits per heavy atom. The third kappa shape index (κ3) is 5.09. The number of benzene rings is 1. The lowest BCUT2D eigenvalue weighted by Gasteiger charge is -2.36. The Labute approximate surface area is 179 Å². The topological polar surface area (TPSA) is 71.8 Å². The third-order valence-electron chi connectivity index (χ3n) is 5.59. The molecule has 0 radical (unpaired) electrons. The lowest BCUT2D eigenvalue weighted by molar-refractivity contribution is -0.123. The summed E-state index contributed by atoms with van der Waals surface area (Å²) in [6.45, 7) is 4.88. The molecular weight excluding hydrogens is 400 g/mol. The molecule has 6 nitrogen and oxygen atoms in total. The highest BCUT2D eigenvalue weighted by molar-refractivity contribution is 7.10. The summed E-state index contributed by atoms with van der Waals surface area (Å²) >= 11 is 1.73.